The van der Waals surface area contributed by atoms with Crippen molar-refractivity contribution in [3.8, 4) is 0 Å². The van der Waals surface area contributed by atoms with E-state index in [1.807, 2.05) is 0 Å². The lowest BCUT2D eigenvalue weighted by Gasteiger charge is -2.31. The summed E-state index contributed by atoms with van der Waals surface area (Å²) in [4.78, 5) is 3.96. The molecular formula is C20H24F3N3O4S. The zero-order valence-electron chi connectivity index (χ0n) is 17.0. The van der Waals surface area contributed by atoms with E-state index >= 15 is 0 Å². The SMILES string of the molecule is Cn1cnc(S(=O)(=O)N2CC(Cc3cccc(C(F)(F)F)c3)C(C3OCCCO3)C2)c1. The number of aromatic nitrogens is 2. The summed E-state index contributed by atoms with van der Waals surface area (Å²) in [6.45, 7) is 1.32. The Morgan fingerprint density at radius 1 is 1.19 bits per heavy atom. The van der Waals surface area contributed by atoms with Crippen LogP contribution in [0.15, 0.2) is 41.8 Å². The molecule has 4 rings (SSSR count). The molecule has 0 amide bonds. The van der Waals surface area contributed by atoms with Crippen molar-refractivity contribution in [3.63, 3.8) is 0 Å². The molecule has 0 saturated carbocycles. The lowest BCUT2D eigenvalue weighted by molar-refractivity contribution is -0.208. The van der Waals surface area contributed by atoms with Gasteiger partial charge in [0, 0.05) is 32.3 Å². The van der Waals surface area contributed by atoms with Gasteiger partial charge in [-0.05, 0) is 30.4 Å². The quantitative estimate of drug-likeness (QED) is 0.688. The number of hydrogen-bond acceptors (Lipinski definition) is 5. The summed E-state index contributed by atoms with van der Waals surface area (Å²) >= 11 is 0. The van der Waals surface area contributed by atoms with Gasteiger partial charge in [-0.25, -0.2) is 13.4 Å². The summed E-state index contributed by atoms with van der Waals surface area (Å²) in [6, 6.07) is 5.15. The van der Waals surface area contributed by atoms with Crippen LogP contribution < -0.4 is 0 Å². The highest BCUT2D eigenvalue weighted by molar-refractivity contribution is 7.89. The topological polar surface area (TPSA) is 73.7 Å². The van der Waals surface area contributed by atoms with Gasteiger partial charge < -0.3 is 14.0 Å². The van der Waals surface area contributed by atoms with Crippen molar-refractivity contribution >= 4 is 10.0 Å². The van der Waals surface area contributed by atoms with Gasteiger partial charge >= 0.3 is 6.18 Å². The molecule has 0 N–H and O–H groups in total. The molecule has 3 heterocycles. The van der Waals surface area contributed by atoms with Crippen LogP contribution in [0.4, 0.5) is 13.2 Å². The highest BCUT2D eigenvalue weighted by Crippen LogP contribution is 2.36. The number of alkyl halides is 3. The van der Waals surface area contributed by atoms with Crippen LogP contribution in [0.1, 0.15) is 17.5 Å². The first-order valence-electron chi connectivity index (χ1n) is 10.0. The molecule has 2 aromatic rings. The molecule has 0 spiro atoms. The Morgan fingerprint density at radius 2 is 1.94 bits per heavy atom. The zero-order chi connectivity index (χ0) is 22.2. The Hall–Kier alpha value is -1.95. The number of imidazole rings is 1. The maximum Gasteiger partial charge on any atom is 0.416 e. The Balaban J connectivity index is 1.59. The van der Waals surface area contributed by atoms with E-state index in [-0.39, 0.29) is 36.4 Å². The minimum absolute atomic E-state index is 0.0565. The van der Waals surface area contributed by atoms with E-state index in [0.29, 0.717) is 18.8 Å². The molecule has 2 unspecified atom stereocenters. The van der Waals surface area contributed by atoms with Crippen molar-refractivity contribution < 1.29 is 31.1 Å². The third kappa shape index (κ3) is 4.79. The Morgan fingerprint density at radius 3 is 2.58 bits per heavy atom. The number of sulfonamides is 1. The summed E-state index contributed by atoms with van der Waals surface area (Å²) in [5.74, 6) is -0.557. The van der Waals surface area contributed by atoms with Gasteiger partial charge in [0.25, 0.3) is 10.0 Å². The van der Waals surface area contributed by atoms with E-state index in [0.717, 1.165) is 18.6 Å². The minimum atomic E-state index is -4.44. The fourth-order valence-corrected chi connectivity index (χ4v) is 5.66. The predicted octanol–water partition coefficient (Wildman–Crippen LogP) is 2.68. The normalized spacial score (nSPS) is 24.0. The fourth-order valence-electron chi connectivity index (χ4n) is 4.16. The lowest BCUT2D eigenvalue weighted by Crippen LogP contribution is -2.37. The molecule has 7 nitrogen and oxygen atoms in total. The second-order valence-electron chi connectivity index (χ2n) is 7.99. The minimum Gasteiger partial charge on any atom is -0.352 e. The third-order valence-electron chi connectivity index (χ3n) is 5.70. The summed E-state index contributed by atoms with van der Waals surface area (Å²) in [6.07, 6.45) is -1.15. The van der Waals surface area contributed by atoms with Crippen LogP contribution >= 0.6 is 0 Å². The van der Waals surface area contributed by atoms with Crippen LogP contribution in [-0.2, 0) is 39.1 Å². The monoisotopic (exact) mass is 459 g/mol. The van der Waals surface area contributed by atoms with Crippen molar-refractivity contribution in [2.45, 2.75) is 30.3 Å². The molecule has 31 heavy (non-hydrogen) atoms. The average molecular weight is 459 g/mol. The third-order valence-corrected chi connectivity index (χ3v) is 7.42. The fraction of sp³-hybridized carbons (Fsp3) is 0.550. The van der Waals surface area contributed by atoms with Crippen LogP contribution in [0, 0.1) is 11.8 Å². The largest absolute Gasteiger partial charge is 0.416 e. The van der Waals surface area contributed by atoms with Crippen LogP contribution in [0.5, 0.6) is 0 Å². The summed E-state index contributed by atoms with van der Waals surface area (Å²) in [5.41, 5.74) is -0.222. The van der Waals surface area contributed by atoms with Gasteiger partial charge in [0.2, 0.25) is 0 Å². The predicted molar refractivity (Wildman–Crippen MR) is 104 cm³/mol. The summed E-state index contributed by atoms with van der Waals surface area (Å²) in [7, 11) is -2.16. The second kappa shape index (κ2) is 8.53. The molecule has 2 saturated heterocycles. The second-order valence-corrected chi connectivity index (χ2v) is 9.87. The molecule has 0 aliphatic carbocycles. The Kier molecular flexibility index (Phi) is 6.12. The molecule has 2 fully saturated rings. The molecule has 2 aliphatic heterocycles. The van der Waals surface area contributed by atoms with Gasteiger partial charge in [-0.15, -0.1) is 0 Å². The van der Waals surface area contributed by atoms with E-state index in [2.05, 4.69) is 4.98 Å². The molecule has 11 heteroatoms. The van der Waals surface area contributed by atoms with Crippen molar-refractivity contribution in [2.75, 3.05) is 26.3 Å². The first-order chi connectivity index (χ1) is 14.6. The van der Waals surface area contributed by atoms with Crippen molar-refractivity contribution in [2.24, 2.45) is 18.9 Å². The number of rotatable bonds is 5. The van der Waals surface area contributed by atoms with Crippen LogP contribution in [-0.4, -0.2) is 54.9 Å². The summed E-state index contributed by atoms with van der Waals surface area (Å²) < 4.78 is 79.9. The number of benzene rings is 1. The van der Waals surface area contributed by atoms with Crippen molar-refractivity contribution in [1.29, 1.82) is 0 Å². The van der Waals surface area contributed by atoms with Gasteiger partial charge in [0.05, 0.1) is 25.1 Å². The number of halogens is 3. The number of ether oxygens (including phenoxy) is 2. The molecule has 2 aliphatic rings. The molecular weight excluding hydrogens is 435 g/mol. The maximum atomic E-state index is 13.1. The van der Waals surface area contributed by atoms with Gasteiger partial charge in [0.1, 0.15) is 0 Å². The lowest BCUT2D eigenvalue weighted by atomic mass is 9.88. The van der Waals surface area contributed by atoms with E-state index < -0.39 is 28.1 Å². The standard InChI is InChI=1S/C20H24F3N3O4S/c1-25-12-18(24-13-25)31(27,28)26-10-15(17(11-26)19-29-6-3-7-30-19)8-14-4-2-5-16(9-14)20(21,22)23/h2,4-5,9,12-13,15,17,19H,3,6-8,10-11H2,1H3. The van der Waals surface area contributed by atoms with Crippen LogP contribution in [0.3, 0.4) is 0 Å². The van der Waals surface area contributed by atoms with Crippen molar-refractivity contribution in [1.82, 2.24) is 13.9 Å². The Labute approximate surface area is 178 Å². The Bertz CT molecular complexity index is 1020. The van der Waals surface area contributed by atoms with Crippen LogP contribution in [0.2, 0.25) is 0 Å². The first kappa shape index (κ1) is 22.3. The van der Waals surface area contributed by atoms with E-state index in [1.165, 1.54) is 22.9 Å². The van der Waals surface area contributed by atoms with Crippen LogP contribution in [0.25, 0.3) is 0 Å². The van der Waals surface area contributed by atoms with E-state index in [4.69, 9.17) is 9.47 Å². The van der Waals surface area contributed by atoms with Gasteiger partial charge in [-0.1, -0.05) is 18.2 Å². The van der Waals surface area contributed by atoms with Gasteiger partial charge in [-0.3, -0.25) is 0 Å². The smallest absolute Gasteiger partial charge is 0.352 e. The molecule has 1 aromatic heterocycles. The molecule has 1 aromatic carbocycles. The molecule has 2 atom stereocenters. The number of aryl methyl sites for hydroxylation is 1. The van der Waals surface area contributed by atoms with E-state index in [9.17, 15) is 21.6 Å². The average Bonchev–Trinajstić information content (AvgIpc) is 3.36. The first-order valence-corrected chi connectivity index (χ1v) is 11.5. The number of hydrogen-bond donors (Lipinski definition) is 0. The van der Waals surface area contributed by atoms with Gasteiger partial charge in [0.15, 0.2) is 11.3 Å². The van der Waals surface area contributed by atoms with E-state index in [1.54, 1.807) is 17.7 Å². The zero-order valence-corrected chi connectivity index (χ0v) is 17.8. The number of nitrogens with zero attached hydrogens (tertiary/aromatic N) is 3. The highest BCUT2D eigenvalue weighted by Gasteiger charge is 2.45. The summed E-state index contributed by atoms with van der Waals surface area (Å²) in [5, 5.41) is -0.0565. The molecule has 170 valence electrons. The molecule has 0 radical (unpaired) electrons. The highest BCUT2D eigenvalue weighted by atomic mass is 32.2. The van der Waals surface area contributed by atoms with Gasteiger partial charge in [-0.2, -0.15) is 17.5 Å². The molecule has 0 bridgehead atoms. The van der Waals surface area contributed by atoms with Crippen molar-refractivity contribution in [3.05, 3.63) is 47.9 Å². The maximum absolute atomic E-state index is 13.1.